The molecular weight excluding hydrogens is 244 g/mol. The summed E-state index contributed by atoms with van der Waals surface area (Å²) in [4.78, 5) is 2.51. The smallest absolute Gasteiger partial charge is 0.0351 e. The molecule has 1 aromatic rings. The van der Waals surface area contributed by atoms with Crippen molar-refractivity contribution in [2.75, 3.05) is 20.1 Å². The topological polar surface area (TPSA) is 29.3 Å². The molecule has 1 aromatic carbocycles. The van der Waals surface area contributed by atoms with E-state index in [0.717, 1.165) is 19.0 Å². The van der Waals surface area contributed by atoms with Crippen molar-refractivity contribution >= 4 is 0 Å². The van der Waals surface area contributed by atoms with Gasteiger partial charge >= 0.3 is 0 Å². The Kier molecular flexibility index (Phi) is 4.42. The molecule has 2 aliphatic rings. The summed E-state index contributed by atoms with van der Waals surface area (Å²) in [6, 6.07) is 9.77. The first kappa shape index (κ1) is 14.1. The second-order valence-electron chi connectivity index (χ2n) is 6.76. The van der Waals surface area contributed by atoms with E-state index < -0.39 is 0 Å². The Morgan fingerprint density at radius 1 is 1.10 bits per heavy atom. The van der Waals surface area contributed by atoms with Gasteiger partial charge in [-0.1, -0.05) is 43.5 Å². The fourth-order valence-corrected chi connectivity index (χ4v) is 4.24. The van der Waals surface area contributed by atoms with Crippen molar-refractivity contribution in [3.05, 3.63) is 35.4 Å². The molecule has 0 spiro atoms. The summed E-state index contributed by atoms with van der Waals surface area (Å²) in [5.41, 5.74) is 9.10. The van der Waals surface area contributed by atoms with Crippen LogP contribution in [0.4, 0.5) is 0 Å². The average molecular weight is 272 g/mol. The van der Waals surface area contributed by atoms with Gasteiger partial charge in [0.05, 0.1) is 0 Å². The van der Waals surface area contributed by atoms with E-state index in [4.69, 9.17) is 5.73 Å². The van der Waals surface area contributed by atoms with Gasteiger partial charge in [0.25, 0.3) is 0 Å². The normalized spacial score (nSPS) is 28.9. The van der Waals surface area contributed by atoms with Crippen molar-refractivity contribution in [1.29, 1.82) is 0 Å². The molecule has 0 bridgehead atoms. The summed E-state index contributed by atoms with van der Waals surface area (Å²) in [6.45, 7) is 1.98. The van der Waals surface area contributed by atoms with Crippen LogP contribution in [0, 0.1) is 5.92 Å². The Balaban J connectivity index is 1.85. The van der Waals surface area contributed by atoms with Crippen molar-refractivity contribution in [3.63, 3.8) is 0 Å². The molecule has 1 aliphatic heterocycles. The zero-order valence-electron chi connectivity index (χ0n) is 12.7. The Morgan fingerprint density at radius 3 is 2.45 bits per heavy atom. The van der Waals surface area contributed by atoms with Gasteiger partial charge in [-0.25, -0.2) is 0 Å². The van der Waals surface area contributed by atoms with Crippen LogP contribution in [-0.2, 0) is 0 Å². The van der Waals surface area contributed by atoms with Crippen LogP contribution >= 0.6 is 0 Å². The highest BCUT2D eigenvalue weighted by molar-refractivity contribution is 5.34. The Hall–Kier alpha value is -0.860. The van der Waals surface area contributed by atoms with E-state index in [9.17, 15) is 0 Å². The molecule has 20 heavy (non-hydrogen) atoms. The van der Waals surface area contributed by atoms with Gasteiger partial charge in [-0.15, -0.1) is 0 Å². The van der Waals surface area contributed by atoms with E-state index in [1.54, 1.807) is 11.1 Å². The van der Waals surface area contributed by atoms with Crippen LogP contribution in [0.1, 0.15) is 61.6 Å². The van der Waals surface area contributed by atoms with E-state index in [0.29, 0.717) is 12.0 Å². The minimum absolute atomic E-state index is 0.585. The number of likely N-dealkylation sites (tertiary alicyclic amines) is 1. The second-order valence-corrected chi connectivity index (χ2v) is 6.76. The van der Waals surface area contributed by atoms with Gasteiger partial charge in [0.2, 0.25) is 0 Å². The number of hydrogen-bond acceptors (Lipinski definition) is 2. The molecule has 0 radical (unpaired) electrons. The Bertz CT molecular complexity index is 437. The van der Waals surface area contributed by atoms with Crippen molar-refractivity contribution in [2.24, 2.45) is 11.7 Å². The van der Waals surface area contributed by atoms with Crippen molar-refractivity contribution in [2.45, 2.75) is 50.5 Å². The van der Waals surface area contributed by atoms with Gasteiger partial charge < -0.3 is 5.73 Å². The van der Waals surface area contributed by atoms with Gasteiger partial charge in [0.15, 0.2) is 0 Å². The number of benzene rings is 1. The first-order chi connectivity index (χ1) is 9.79. The molecule has 2 nitrogen and oxygen atoms in total. The summed E-state index contributed by atoms with van der Waals surface area (Å²) >= 11 is 0. The van der Waals surface area contributed by atoms with E-state index in [-0.39, 0.29) is 0 Å². The predicted octanol–water partition coefficient (Wildman–Crippen LogP) is 3.69. The van der Waals surface area contributed by atoms with Crippen molar-refractivity contribution in [3.8, 4) is 0 Å². The first-order valence-electron chi connectivity index (χ1n) is 8.28. The van der Waals surface area contributed by atoms with E-state index in [2.05, 4.69) is 36.2 Å². The molecule has 2 heteroatoms. The van der Waals surface area contributed by atoms with Gasteiger partial charge in [-0.05, 0) is 55.8 Å². The van der Waals surface area contributed by atoms with E-state index in [1.165, 1.54) is 38.5 Å². The van der Waals surface area contributed by atoms with E-state index in [1.807, 2.05) is 0 Å². The largest absolute Gasteiger partial charge is 0.330 e. The predicted molar refractivity (Wildman–Crippen MR) is 84.8 cm³/mol. The first-order valence-corrected chi connectivity index (χ1v) is 8.28. The maximum Gasteiger partial charge on any atom is 0.0351 e. The third kappa shape index (κ3) is 2.77. The molecule has 2 fully saturated rings. The molecule has 1 heterocycles. The average Bonchev–Trinajstić information content (AvgIpc) is 2.89. The van der Waals surface area contributed by atoms with E-state index >= 15 is 0 Å². The molecule has 2 N–H and O–H groups in total. The molecule has 3 rings (SSSR count). The zero-order valence-corrected chi connectivity index (χ0v) is 12.7. The minimum Gasteiger partial charge on any atom is -0.330 e. The lowest BCUT2D eigenvalue weighted by Gasteiger charge is -2.28. The lowest BCUT2D eigenvalue weighted by Crippen LogP contribution is -2.21. The number of hydrogen-bond donors (Lipinski definition) is 1. The molecule has 1 saturated carbocycles. The highest BCUT2D eigenvalue weighted by Gasteiger charge is 2.32. The zero-order chi connectivity index (χ0) is 13.9. The van der Waals surface area contributed by atoms with Crippen LogP contribution in [0.25, 0.3) is 0 Å². The number of nitrogens with zero attached hydrogens (tertiary/aromatic N) is 1. The molecule has 1 aliphatic carbocycles. The quantitative estimate of drug-likeness (QED) is 0.909. The van der Waals surface area contributed by atoms with Crippen LogP contribution in [-0.4, -0.2) is 25.0 Å². The summed E-state index contributed by atoms with van der Waals surface area (Å²) in [6.07, 6.45) is 8.24. The molecule has 0 amide bonds. The molecule has 110 valence electrons. The fraction of sp³-hybridized carbons (Fsp3) is 0.667. The molecular formula is C18H28N2. The highest BCUT2D eigenvalue weighted by Crippen LogP contribution is 2.41. The van der Waals surface area contributed by atoms with Crippen LogP contribution in [0.2, 0.25) is 0 Å². The van der Waals surface area contributed by atoms with Gasteiger partial charge in [0, 0.05) is 12.6 Å². The number of rotatable bonds is 3. The monoisotopic (exact) mass is 272 g/mol. The number of nitrogens with two attached hydrogens (primary N) is 1. The third-order valence-corrected chi connectivity index (χ3v) is 5.37. The molecule has 1 saturated heterocycles. The van der Waals surface area contributed by atoms with Gasteiger partial charge in [-0.2, -0.15) is 0 Å². The third-order valence-electron chi connectivity index (χ3n) is 5.37. The van der Waals surface area contributed by atoms with Crippen LogP contribution < -0.4 is 5.73 Å². The van der Waals surface area contributed by atoms with Crippen LogP contribution in [0.5, 0.6) is 0 Å². The van der Waals surface area contributed by atoms with Gasteiger partial charge in [0.1, 0.15) is 0 Å². The highest BCUT2D eigenvalue weighted by atomic mass is 15.2. The maximum absolute atomic E-state index is 5.89. The van der Waals surface area contributed by atoms with Crippen LogP contribution in [0.3, 0.4) is 0 Å². The molecule has 0 aromatic heterocycles. The van der Waals surface area contributed by atoms with Crippen molar-refractivity contribution in [1.82, 2.24) is 4.90 Å². The lowest BCUT2D eigenvalue weighted by molar-refractivity contribution is 0.309. The standard InChI is InChI=1S/C18H28N2/c1-20-13-14(12-19)11-18(20)17-10-6-5-9-16(17)15-7-3-2-4-8-15/h5-6,9-10,14-15,18H,2-4,7-8,11-13,19H2,1H3. The summed E-state index contributed by atoms with van der Waals surface area (Å²) in [5, 5.41) is 0. The molecule has 2 unspecified atom stereocenters. The maximum atomic E-state index is 5.89. The fourth-order valence-electron chi connectivity index (χ4n) is 4.24. The SMILES string of the molecule is CN1CC(CN)CC1c1ccccc1C1CCCCC1. The summed E-state index contributed by atoms with van der Waals surface area (Å²) < 4.78 is 0. The minimum atomic E-state index is 0.585. The lowest BCUT2D eigenvalue weighted by atomic mass is 9.80. The summed E-state index contributed by atoms with van der Waals surface area (Å²) in [7, 11) is 2.26. The second kappa shape index (κ2) is 6.28. The summed E-state index contributed by atoms with van der Waals surface area (Å²) in [5.74, 6) is 1.47. The Labute approximate surface area is 123 Å². The van der Waals surface area contributed by atoms with Gasteiger partial charge in [-0.3, -0.25) is 4.90 Å². The van der Waals surface area contributed by atoms with Crippen molar-refractivity contribution < 1.29 is 0 Å². The van der Waals surface area contributed by atoms with Crippen LogP contribution in [0.15, 0.2) is 24.3 Å². The molecule has 2 atom stereocenters. The Morgan fingerprint density at radius 2 is 1.80 bits per heavy atom.